The van der Waals surface area contributed by atoms with Gasteiger partial charge < -0.3 is 10.1 Å². The van der Waals surface area contributed by atoms with Gasteiger partial charge in [0.2, 0.25) is 0 Å². The van der Waals surface area contributed by atoms with E-state index >= 15 is 0 Å². The fraction of sp³-hybridized carbons (Fsp3) is 1.00. The molecule has 20 heavy (non-hydrogen) atoms. The molecule has 3 aliphatic rings. The summed E-state index contributed by atoms with van der Waals surface area (Å²) in [4.78, 5) is 2.62. The zero-order valence-corrected chi connectivity index (χ0v) is 13.2. The highest BCUT2D eigenvalue weighted by Crippen LogP contribution is 2.41. The van der Waals surface area contributed by atoms with Crippen molar-refractivity contribution >= 4 is 0 Å². The van der Waals surface area contributed by atoms with Crippen LogP contribution in [0.3, 0.4) is 0 Å². The van der Waals surface area contributed by atoms with E-state index < -0.39 is 0 Å². The molecule has 0 bridgehead atoms. The molecule has 3 rings (SSSR count). The van der Waals surface area contributed by atoms with E-state index in [1.807, 2.05) is 0 Å². The van der Waals surface area contributed by atoms with Crippen LogP contribution < -0.4 is 5.32 Å². The molecule has 0 radical (unpaired) electrons. The van der Waals surface area contributed by atoms with Gasteiger partial charge in [-0.1, -0.05) is 19.3 Å². The molecule has 2 atom stereocenters. The summed E-state index contributed by atoms with van der Waals surface area (Å²) in [6, 6.07) is 0.683. The molecule has 3 nitrogen and oxygen atoms in total. The second kappa shape index (κ2) is 6.76. The van der Waals surface area contributed by atoms with E-state index in [4.69, 9.17) is 4.74 Å². The van der Waals surface area contributed by atoms with Crippen LogP contribution in [0.2, 0.25) is 0 Å². The fourth-order valence-electron chi connectivity index (χ4n) is 4.37. The summed E-state index contributed by atoms with van der Waals surface area (Å²) in [5.41, 5.74) is 0.283. The third-order valence-corrected chi connectivity index (χ3v) is 5.68. The lowest BCUT2D eigenvalue weighted by Gasteiger charge is -2.33. The Bertz CT molecular complexity index is 295. The van der Waals surface area contributed by atoms with E-state index in [0.717, 1.165) is 13.1 Å². The highest BCUT2D eigenvalue weighted by Gasteiger charge is 2.40. The molecule has 3 fully saturated rings. The van der Waals surface area contributed by atoms with Crippen molar-refractivity contribution < 1.29 is 4.74 Å². The van der Waals surface area contributed by atoms with Gasteiger partial charge >= 0.3 is 0 Å². The van der Waals surface area contributed by atoms with E-state index in [-0.39, 0.29) is 5.60 Å². The Hall–Kier alpha value is -0.120. The highest BCUT2D eigenvalue weighted by molar-refractivity contribution is 4.91. The van der Waals surface area contributed by atoms with Gasteiger partial charge in [0.1, 0.15) is 0 Å². The number of likely N-dealkylation sites (tertiary alicyclic amines) is 1. The second-order valence-corrected chi connectivity index (χ2v) is 7.27. The number of hydrogen-bond acceptors (Lipinski definition) is 3. The Morgan fingerprint density at radius 2 is 1.85 bits per heavy atom. The monoisotopic (exact) mass is 280 g/mol. The zero-order chi connectivity index (χ0) is 13.8. The molecule has 0 amide bonds. The molecule has 0 aromatic carbocycles. The molecule has 2 unspecified atom stereocenters. The van der Waals surface area contributed by atoms with Gasteiger partial charge in [-0.25, -0.2) is 0 Å². The van der Waals surface area contributed by atoms with Crippen molar-refractivity contribution in [1.29, 1.82) is 0 Å². The lowest BCUT2D eigenvalue weighted by atomic mass is 9.83. The molecule has 1 aliphatic carbocycles. The number of nitrogens with one attached hydrogen (secondary N) is 1. The minimum Gasteiger partial charge on any atom is -0.370 e. The molecule has 2 saturated heterocycles. The number of rotatable bonds is 5. The first-order valence-electron chi connectivity index (χ1n) is 8.90. The standard InChI is InChI=1S/C17H32N2O/c1-15(19-11-5-6-12-19)13-18-14-16-7-10-17(20-16)8-3-2-4-9-17/h15-16,18H,2-14H2,1H3. The SMILES string of the molecule is CC(CNCC1CCC2(CCCCC2)O1)N1CCCC1. The molecule has 1 saturated carbocycles. The van der Waals surface area contributed by atoms with Gasteiger partial charge in [-0.3, -0.25) is 4.90 Å². The molecular weight excluding hydrogens is 248 g/mol. The van der Waals surface area contributed by atoms with Crippen LogP contribution in [-0.4, -0.2) is 48.8 Å². The summed E-state index contributed by atoms with van der Waals surface area (Å²) in [5.74, 6) is 0. The lowest BCUT2D eigenvalue weighted by Crippen LogP contribution is -2.41. The molecule has 1 spiro atoms. The van der Waals surface area contributed by atoms with E-state index in [2.05, 4.69) is 17.1 Å². The summed E-state index contributed by atoms with van der Waals surface area (Å²) in [5, 5.41) is 3.66. The largest absolute Gasteiger partial charge is 0.370 e. The maximum atomic E-state index is 6.42. The van der Waals surface area contributed by atoms with Gasteiger partial charge in [0.05, 0.1) is 11.7 Å². The van der Waals surface area contributed by atoms with Crippen LogP contribution >= 0.6 is 0 Å². The Labute approximate surface area is 124 Å². The molecule has 0 aromatic rings. The van der Waals surface area contributed by atoms with Crippen LogP contribution in [0.25, 0.3) is 0 Å². The molecule has 2 heterocycles. The Balaban J connectivity index is 1.35. The molecule has 2 aliphatic heterocycles. The average Bonchev–Trinajstić information content (AvgIpc) is 3.10. The Morgan fingerprint density at radius 3 is 2.60 bits per heavy atom. The Morgan fingerprint density at radius 1 is 1.10 bits per heavy atom. The van der Waals surface area contributed by atoms with Crippen LogP contribution in [-0.2, 0) is 4.74 Å². The zero-order valence-electron chi connectivity index (χ0n) is 13.2. The predicted molar refractivity (Wildman–Crippen MR) is 83.1 cm³/mol. The maximum Gasteiger partial charge on any atom is 0.0708 e. The lowest BCUT2D eigenvalue weighted by molar-refractivity contribution is -0.0625. The van der Waals surface area contributed by atoms with Gasteiger partial charge in [0, 0.05) is 19.1 Å². The third kappa shape index (κ3) is 3.55. The van der Waals surface area contributed by atoms with Crippen LogP contribution in [0.15, 0.2) is 0 Å². The fourth-order valence-corrected chi connectivity index (χ4v) is 4.37. The quantitative estimate of drug-likeness (QED) is 0.838. The maximum absolute atomic E-state index is 6.42. The molecule has 0 aromatic heterocycles. The first-order valence-corrected chi connectivity index (χ1v) is 8.90. The molecule has 116 valence electrons. The Kier molecular flexibility index (Phi) is 5.00. The first-order chi connectivity index (χ1) is 9.77. The smallest absolute Gasteiger partial charge is 0.0708 e. The summed E-state index contributed by atoms with van der Waals surface area (Å²) in [6.07, 6.45) is 12.6. The molecular formula is C17H32N2O. The van der Waals surface area contributed by atoms with E-state index in [0.29, 0.717) is 12.1 Å². The molecule has 1 N–H and O–H groups in total. The molecule has 3 heteroatoms. The van der Waals surface area contributed by atoms with Gasteiger partial charge in [-0.05, 0) is 58.5 Å². The van der Waals surface area contributed by atoms with E-state index in [1.165, 1.54) is 70.9 Å². The van der Waals surface area contributed by atoms with Crippen molar-refractivity contribution in [3.8, 4) is 0 Å². The number of hydrogen-bond donors (Lipinski definition) is 1. The van der Waals surface area contributed by atoms with Crippen LogP contribution in [0.4, 0.5) is 0 Å². The second-order valence-electron chi connectivity index (χ2n) is 7.27. The number of nitrogens with zero attached hydrogens (tertiary/aromatic N) is 1. The average molecular weight is 280 g/mol. The van der Waals surface area contributed by atoms with Crippen molar-refractivity contribution in [2.75, 3.05) is 26.2 Å². The van der Waals surface area contributed by atoms with Crippen LogP contribution in [0.5, 0.6) is 0 Å². The first kappa shape index (κ1) is 14.8. The normalized spacial score (nSPS) is 31.9. The van der Waals surface area contributed by atoms with Crippen molar-refractivity contribution in [2.45, 2.75) is 82.5 Å². The van der Waals surface area contributed by atoms with Crippen molar-refractivity contribution in [3.63, 3.8) is 0 Å². The summed E-state index contributed by atoms with van der Waals surface area (Å²) in [6.45, 7) is 7.13. The number of ether oxygens (including phenoxy) is 1. The summed E-state index contributed by atoms with van der Waals surface area (Å²) in [7, 11) is 0. The minimum absolute atomic E-state index is 0.283. The van der Waals surface area contributed by atoms with E-state index in [9.17, 15) is 0 Å². The third-order valence-electron chi connectivity index (χ3n) is 5.68. The predicted octanol–water partition coefficient (Wildman–Crippen LogP) is 2.94. The topological polar surface area (TPSA) is 24.5 Å². The van der Waals surface area contributed by atoms with E-state index in [1.54, 1.807) is 0 Å². The van der Waals surface area contributed by atoms with Crippen molar-refractivity contribution in [3.05, 3.63) is 0 Å². The van der Waals surface area contributed by atoms with Crippen LogP contribution in [0.1, 0.15) is 64.7 Å². The summed E-state index contributed by atoms with van der Waals surface area (Å²) < 4.78 is 6.42. The van der Waals surface area contributed by atoms with Gasteiger partial charge in [-0.15, -0.1) is 0 Å². The van der Waals surface area contributed by atoms with Gasteiger partial charge in [0.25, 0.3) is 0 Å². The van der Waals surface area contributed by atoms with Gasteiger partial charge in [0.15, 0.2) is 0 Å². The highest BCUT2D eigenvalue weighted by atomic mass is 16.5. The minimum atomic E-state index is 0.283. The summed E-state index contributed by atoms with van der Waals surface area (Å²) >= 11 is 0. The van der Waals surface area contributed by atoms with Crippen molar-refractivity contribution in [1.82, 2.24) is 10.2 Å². The van der Waals surface area contributed by atoms with Gasteiger partial charge in [-0.2, -0.15) is 0 Å². The van der Waals surface area contributed by atoms with Crippen molar-refractivity contribution in [2.24, 2.45) is 0 Å². The van der Waals surface area contributed by atoms with Crippen LogP contribution in [0, 0.1) is 0 Å².